The number of amides is 3. The first-order valence-corrected chi connectivity index (χ1v) is 10.4. The fourth-order valence-corrected chi connectivity index (χ4v) is 3.78. The predicted molar refractivity (Wildman–Crippen MR) is 105 cm³/mol. The van der Waals surface area contributed by atoms with Crippen LogP contribution in [0.5, 0.6) is 11.5 Å². The topological polar surface area (TPSA) is 140 Å². The fourth-order valence-electron chi connectivity index (χ4n) is 2.66. The molecule has 0 unspecified atom stereocenters. The SMILES string of the molecule is CNC(=O)c1ccc(CS(=O)(=O)NC(=O)CNC(=O)c2ccc3c(c2)OCO3)cc1. The Balaban J connectivity index is 1.52. The van der Waals surface area contributed by atoms with Crippen LogP contribution < -0.4 is 24.8 Å². The minimum atomic E-state index is -3.98. The summed E-state index contributed by atoms with van der Waals surface area (Å²) in [6.45, 7) is -0.461. The van der Waals surface area contributed by atoms with Gasteiger partial charge in [0, 0.05) is 18.2 Å². The zero-order valence-corrected chi connectivity index (χ0v) is 16.7. The number of rotatable bonds is 7. The summed E-state index contributed by atoms with van der Waals surface area (Å²) in [6.07, 6.45) is 0. The third kappa shape index (κ3) is 5.26. The number of nitrogens with one attached hydrogen (secondary N) is 3. The summed E-state index contributed by atoms with van der Waals surface area (Å²) in [5, 5.41) is 4.81. The van der Waals surface area contributed by atoms with Gasteiger partial charge in [0.1, 0.15) is 0 Å². The Kier molecular flexibility index (Phi) is 6.21. The molecule has 0 radical (unpaired) electrons. The minimum absolute atomic E-state index is 0.0647. The number of sulfonamides is 1. The number of hydrogen-bond acceptors (Lipinski definition) is 7. The lowest BCUT2D eigenvalue weighted by Crippen LogP contribution is -2.40. The first-order chi connectivity index (χ1) is 14.3. The summed E-state index contributed by atoms with van der Waals surface area (Å²) >= 11 is 0. The van der Waals surface area contributed by atoms with Gasteiger partial charge in [-0.2, -0.15) is 0 Å². The molecule has 2 aromatic rings. The molecule has 0 fully saturated rings. The average molecular weight is 433 g/mol. The van der Waals surface area contributed by atoms with Crippen molar-refractivity contribution in [1.29, 1.82) is 0 Å². The largest absolute Gasteiger partial charge is 0.454 e. The molecule has 0 aromatic heterocycles. The lowest BCUT2D eigenvalue weighted by molar-refractivity contribution is -0.118. The second kappa shape index (κ2) is 8.82. The molecule has 10 nitrogen and oxygen atoms in total. The molecule has 3 N–H and O–H groups in total. The molecule has 0 saturated heterocycles. The molecule has 0 spiro atoms. The smallest absolute Gasteiger partial charge is 0.252 e. The number of hydrogen-bond donors (Lipinski definition) is 3. The van der Waals surface area contributed by atoms with Crippen LogP contribution in [0.4, 0.5) is 0 Å². The van der Waals surface area contributed by atoms with Crippen molar-refractivity contribution in [1.82, 2.24) is 15.4 Å². The molecule has 0 saturated carbocycles. The van der Waals surface area contributed by atoms with Crippen LogP contribution in [0.25, 0.3) is 0 Å². The Morgan fingerprint density at radius 3 is 2.30 bits per heavy atom. The van der Waals surface area contributed by atoms with Gasteiger partial charge < -0.3 is 20.1 Å². The highest BCUT2D eigenvalue weighted by atomic mass is 32.2. The quantitative estimate of drug-likeness (QED) is 0.565. The van der Waals surface area contributed by atoms with E-state index in [2.05, 4.69) is 10.6 Å². The Labute approximate surface area is 172 Å². The molecule has 1 heterocycles. The van der Waals surface area contributed by atoms with E-state index in [1.165, 1.54) is 43.4 Å². The lowest BCUT2D eigenvalue weighted by Gasteiger charge is -2.09. The first kappa shape index (κ1) is 21.1. The van der Waals surface area contributed by atoms with Gasteiger partial charge in [0.25, 0.3) is 17.7 Å². The molecule has 0 atom stereocenters. The molecule has 158 valence electrons. The van der Waals surface area contributed by atoms with Crippen LogP contribution in [0.2, 0.25) is 0 Å². The van der Waals surface area contributed by atoms with Gasteiger partial charge in [-0.25, -0.2) is 8.42 Å². The molecule has 30 heavy (non-hydrogen) atoms. The predicted octanol–water partition coefficient (Wildman–Crippen LogP) is 0.151. The van der Waals surface area contributed by atoms with Gasteiger partial charge in [0.05, 0.1) is 12.3 Å². The minimum Gasteiger partial charge on any atom is -0.454 e. The van der Waals surface area contributed by atoms with Gasteiger partial charge in [-0.05, 0) is 35.9 Å². The second-order valence-corrected chi connectivity index (χ2v) is 8.03. The van der Waals surface area contributed by atoms with Crippen molar-refractivity contribution in [2.75, 3.05) is 20.4 Å². The molecule has 11 heteroatoms. The Bertz CT molecular complexity index is 1080. The van der Waals surface area contributed by atoms with Gasteiger partial charge in [-0.15, -0.1) is 0 Å². The molecule has 3 rings (SSSR count). The van der Waals surface area contributed by atoms with Crippen LogP contribution >= 0.6 is 0 Å². The Morgan fingerprint density at radius 2 is 1.60 bits per heavy atom. The van der Waals surface area contributed by atoms with Crippen LogP contribution in [0.1, 0.15) is 26.3 Å². The highest BCUT2D eigenvalue weighted by Gasteiger charge is 2.19. The number of fused-ring (bicyclic) bond motifs is 1. The van der Waals surface area contributed by atoms with Gasteiger partial charge in [-0.3, -0.25) is 19.1 Å². The van der Waals surface area contributed by atoms with Crippen molar-refractivity contribution in [3.63, 3.8) is 0 Å². The molecule has 1 aliphatic heterocycles. The standard InChI is InChI=1S/C19H19N3O7S/c1-20-18(24)13-4-2-12(3-5-13)10-30(26,27)22-17(23)9-21-19(25)14-6-7-15-16(8-14)29-11-28-15/h2-8H,9-11H2,1H3,(H,20,24)(H,21,25)(H,22,23). The van der Waals surface area contributed by atoms with E-state index in [0.717, 1.165) is 0 Å². The summed E-state index contributed by atoms with van der Waals surface area (Å²) in [6, 6.07) is 10.5. The molecular formula is C19H19N3O7S. The van der Waals surface area contributed by atoms with Crippen LogP contribution in [-0.2, 0) is 20.6 Å². The van der Waals surface area contributed by atoms with Crippen molar-refractivity contribution in [2.45, 2.75) is 5.75 Å². The fraction of sp³-hybridized carbons (Fsp3) is 0.211. The zero-order chi connectivity index (χ0) is 21.7. The Hall–Kier alpha value is -3.60. The number of ether oxygens (including phenoxy) is 2. The summed E-state index contributed by atoms with van der Waals surface area (Å²) in [5.41, 5.74) is 1.02. The summed E-state index contributed by atoms with van der Waals surface area (Å²) in [4.78, 5) is 35.6. The third-order valence-electron chi connectivity index (χ3n) is 4.11. The second-order valence-electron chi connectivity index (χ2n) is 6.31. The van der Waals surface area contributed by atoms with Crippen LogP contribution in [-0.4, -0.2) is 46.5 Å². The molecule has 3 amide bonds. The van der Waals surface area contributed by atoms with E-state index in [1.54, 1.807) is 6.07 Å². The first-order valence-electron chi connectivity index (χ1n) is 8.79. The van der Waals surface area contributed by atoms with E-state index < -0.39 is 34.1 Å². The van der Waals surface area contributed by atoms with E-state index in [0.29, 0.717) is 22.6 Å². The monoisotopic (exact) mass is 433 g/mol. The maximum absolute atomic E-state index is 12.2. The van der Waals surface area contributed by atoms with Crippen molar-refractivity contribution in [3.05, 3.63) is 59.2 Å². The number of carbonyl (C=O) groups excluding carboxylic acids is 3. The molecule has 2 aromatic carbocycles. The normalized spacial score (nSPS) is 12.2. The van der Waals surface area contributed by atoms with Gasteiger partial charge in [0.15, 0.2) is 11.5 Å². The van der Waals surface area contributed by atoms with Crippen LogP contribution in [0.15, 0.2) is 42.5 Å². The van der Waals surface area contributed by atoms with Gasteiger partial charge in [0.2, 0.25) is 16.8 Å². The molecule has 0 aliphatic carbocycles. The third-order valence-corrected chi connectivity index (χ3v) is 5.37. The van der Waals surface area contributed by atoms with Gasteiger partial charge in [-0.1, -0.05) is 12.1 Å². The Morgan fingerprint density at radius 1 is 0.933 bits per heavy atom. The van der Waals surface area contributed by atoms with Crippen molar-refractivity contribution in [2.24, 2.45) is 0 Å². The maximum atomic E-state index is 12.2. The van der Waals surface area contributed by atoms with Crippen LogP contribution in [0, 0.1) is 0 Å². The van der Waals surface area contributed by atoms with Crippen molar-refractivity contribution < 1.29 is 32.3 Å². The van der Waals surface area contributed by atoms with Gasteiger partial charge >= 0.3 is 0 Å². The highest BCUT2D eigenvalue weighted by Crippen LogP contribution is 2.32. The van der Waals surface area contributed by atoms with E-state index in [1.807, 2.05) is 4.72 Å². The lowest BCUT2D eigenvalue weighted by atomic mass is 10.1. The molecule has 0 bridgehead atoms. The average Bonchev–Trinajstić information content (AvgIpc) is 3.19. The molecule has 1 aliphatic rings. The van der Waals surface area contributed by atoms with Crippen molar-refractivity contribution in [3.8, 4) is 11.5 Å². The molecular weight excluding hydrogens is 414 g/mol. The number of benzene rings is 2. The number of carbonyl (C=O) groups is 3. The van der Waals surface area contributed by atoms with E-state index in [4.69, 9.17) is 9.47 Å². The summed E-state index contributed by atoms with van der Waals surface area (Å²) in [7, 11) is -2.49. The zero-order valence-electron chi connectivity index (χ0n) is 15.9. The summed E-state index contributed by atoms with van der Waals surface area (Å²) in [5.74, 6) is -1.27. The van der Waals surface area contributed by atoms with Crippen molar-refractivity contribution >= 4 is 27.7 Å². The van der Waals surface area contributed by atoms with E-state index in [-0.39, 0.29) is 18.3 Å². The van der Waals surface area contributed by atoms with E-state index in [9.17, 15) is 22.8 Å². The highest BCUT2D eigenvalue weighted by molar-refractivity contribution is 7.89. The van der Waals surface area contributed by atoms with E-state index >= 15 is 0 Å². The maximum Gasteiger partial charge on any atom is 0.252 e. The summed E-state index contributed by atoms with van der Waals surface area (Å²) < 4.78 is 36.6. The van der Waals surface area contributed by atoms with Crippen LogP contribution in [0.3, 0.4) is 0 Å².